The highest BCUT2D eigenvalue weighted by Crippen LogP contribution is 2.42. The molecule has 1 heterocycles. The Labute approximate surface area is 349 Å². The maximum Gasteiger partial charge on any atom is 0.342 e. The van der Waals surface area contributed by atoms with Gasteiger partial charge in [-0.05, 0) is 85.4 Å². The SMILES string of the molecule is CCC[C@H](O)[C@@H](C)C(=O)NC/C=C\C[C@@H](C)[C@@H](O[Si](C)(C)C(C)(C)C)[C@H](C)[C@@H]1C/C=C/C[C@H](C)C(O[Si](C)(C)C(C)(C)C)Cc2cc(OC)cc(OC)c2C(=O)O1. The highest BCUT2D eigenvalue weighted by Gasteiger charge is 2.44. The van der Waals surface area contributed by atoms with E-state index in [9.17, 15) is 14.7 Å². The number of carbonyl (C=O) groups excluding carboxylic acids is 2. The minimum absolute atomic E-state index is 0.0202. The lowest BCUT2D eigenvalue weighted by atomic mass is 9.85. The van der Waals surface area contributed by atoms with E-state index in [1.807, 2.05) is 19.1 Å². The second kappa shape index (κ2) is 21.7. The van der Waals surface area contributed by atoms with Crippen molar-refractivity contribution < 1.29 is 37.8 Å². The number of hydrogen-bond acceptors (Lipinski definition) is 8. The number of nitrogens with one attached hydrogen (secondary N) is 1. The number of ether oxygens (including phenoxy) is 3. The molecule has 11 heteroatoms. The molecule has 8 atom stereocenters. The van der Waals surface area contributed by atoms with Crippen molar-refractivity contribution in [3.05, 3.63) is 47.6 Å². The highest BCUT2D eigenvalue weighted by atomic mass is 28.4. The van der Waals surface area contributed by atoms with Crippen molar-refractivity contribution in [2.24, 2.45) is 23.7 Å². The third-order valence-electron chi connectivity index (χ3n) is 13.0. The summed E-state index contributed by atoms with van der Waals surface area (Å²) < 4.78 is 32.5. The molecule has 1 aliphatic rings. The standard InChI is InChI=1S/C46H81NO8Si2/c1-18-23-37(48)33(4)43(49)47-27-22-21-25-32(3)42(55-57(16,17)46(9,10)11)34(5)38-26-20-19-24-31(2)39(54-56(14,15)45(6,7)8)29-35-28-36(51-12)30-40(52-13)41(35)44(50)53-38/h19-22,28,30-34,37-39,42,48H,18,23-27,29H2,1-17H3,(H,47,49)/b20-19+,22-21-/t31-,32+,33+,34+,37-,38-,39?,42+/m0/s1. The number of carbonyl (C=O) groups is 2. The van der Waals surface area contributed by atoms with Gasteiger partial charge < -0.3 is 33.5 Å². The monoisotopic (exact) mass is 832 g/mol. The summed E-state index contributed by atoms with van der Waals surface area (Å²) >= 11 is 0. The Kier molecular flexibility index (Phi) is 19.3. The summed E-state index contributed by atoms with van der Waals surface area (Å²) in [7, 11) is -1.24. The van der Waals surface area contributed by atoms with Gasteiger partial charge >= 0.3 is 5.97 Å². The molecule has 0 fully saturated rings. The molecular weight excluding hydrogens is 751 g/mol. The van der Waals surface area contributed by atoms with Gasteiger partial charge in [0.25, 0.3) is 0 Å². The molecule has 326 valence electrons. The first-order valence-corrected chi connectivity index (χ1v) is 27.2. The lowest BCUT2D eigenvalue weighted by molar-refractivity contribution is -0.127. The number of benzene rings is 1. The van der Waals surface area contributed by atoms with Gasteiger partial charge in [0.1, 0.15) is 23.2 Å². The predicted octanol–water partition coefficient (Wildman–Crippen LogP) is 10.7. The Morgan fingerprint density at radius 3 is 2.14 bits per heavy atom. The van der Waals surface area contributed by atoms with Crippen molar-refractivity contribution >= 4 is 28.5 Å². The van der Waals surface area contributed by atoms with Crippen LogP contribution in [-0.2, 0) is 24.8 Å². The number of rotatable bonds is 17. The molecule has 1 aromatic carbocycles. The predicted molar refractivity (Wildman–Crippen MR) is 239 cm³/mol. The zero-order valence-electron chi connectivity index (χ0n) is 38.8. The van der Waals surface area contributed by atoms with Crippen LogP contribution in [0, 0.1) is 23.7 Å². The number of esters is 1. The number of hydrogen-bond donors (Lipinski definition) is 2. The van der Waals surface area contributed by atoms with Crippen LogP contribution in [0.15, 0.2) is 36.4 Å². The van der Waals surface area contributed by atoms with Crippen molar-refractivity contribution in [3.63, 3.8) is 0 Å². The van der Waals surface area contributed by atoms with Crippen LogP contribution >= 0.6 is 0 Å². The zero-order valence-corrected chi connectivity index (χ0v) is 40.8. The number of cyclic esters (lactones) is 1. The van der Waals surface area contributed by atoms with Crippen LogP contribution in [0.2, 0.25) is 36.3 Å². The average Bonchev–Trinajstić information content (AvgIpc) is 3.11. The Hall–Kier alpha value is -2.45. The van der Waals surface area contributed by atoms with Crippen molar-refractivity contribution in [2.75, 3.05) is 20.8 Å². The third-order valence-corrected chi connectivity index (χ3v) is 22.0. The quantitative estimate of drug-likeness (QED) is 0.0907. The van der Waals surface area contributed by atoms with Gasteiger partial charge in [-0.3, -0.25) is 4.79 Å². The van der Waals surface area contributed by atoms with Crippen LogP contribution in [0.1, 0.15) is 124 Å². The van der Waals surface area contributed by atoms with Gasteiger partial charge in [0.15, 0.2) is 16.6 Å². The lowest BCUT2D eigenvalue weighted by Gasteiger charge is -2.44. The first-order chi connectivity index (χ1) is 26.3. The van der Waals surface area contributed by atoms with E-state index in [1.54, 1.807) is 27.2 Å². The van der Waals surface area contributed by atoms with E-state index < -0.39 is 40.7 Å². The molecule has 57 heavy (non-hydrogen) atoms. The molecule has 2 rings (SSSR count). The van der Waals surface area contributed by atoms with E-state index in [0.29, 0.717) is 49.3 Å². The molecule has 1 amide bonds. The van der Waals surface area contributed by atoms with Gasteiger partial charge in [-0.1, -0.05) is 107 Å². The summed E-state index contributed by atoms with van der Waals surface area (Å²) in [6.07, 6.45) is 11.0. The average molecular weight is 832 g/mol. The van der Waals surface area contributed by atoms with E-state index in [2.05, 4.69) is 112 Å². The number of aliphatic hydroxyl groups is 1. The van der Waals surface area contributed by atoms with Crippen LogP contribution in [0.3, 0.4) is 0 Å². The Morgan fingerprint density at radius 2 is 1.58 bits per heavy atom. The summed E-state index contributed by atoms with van der Waals surface area (Å²) in [6.45, 7) is 33.3. The van der Waals surface area contributed by atoms with Gasteiger partial charge in [-0.25, -0.2) is 4.79 Å². The molecule has 1 unspecified atom stereocenters. The maximum atomic E-state index is 14.6. The Morgan fingerprint density at radius 1 is 0.965 bits per heavy atom. The fourth-order valence-corrected chi connectivity index (χ4v) is 9.65. The van der Waals surface area contributed by atoms with Gasteiger partial charge in [-0.15, -0.1) is 0 Å². The first kappa shape index (κ1) is 50.7. The van der Waals surface area contributed by atoms with Crippen LogP contribution in [0.5, 0.6) is 11.5 Å². The molecule has 0 saturated carbocycles. The first-order valence-electron chi connectivity index (χ1n) is 21.4. The maximum absolute atomic E-state index is 14.6. The molecule has 9 nitrogen and oxygen atoms in total. The third kappa shape index (κ3) is 14.4. The molecule has 0 aliphatic carbocycles. The summed E-state index contributed by atoms with van der Waals surface area (Å²) in [5.41, 5.74) is 1.20. The minimum Gasteiger partial charge on any atom is -0.497 e. The fourth-order valence-electron chi connectivity index (χ4n) is 6.75. The Balaban J connectivity index is 2.55. The number of methoxy groups -OCH3 is 2. The molecular formula is C46H81NO8Si2. The van der Waals surface area contributed by atoms with E-state index >= 15 is 0 Å². The van der Waals surface area contributed by atoms with Crippen molar-refractivity contribution in [2.45, 2.75) is 175 Å². The van der Waals surface area contributed by atoms with E-state index in [4.69, 9.17) is 23.1 Å². The normalized spacial score (nSPS) is 22.2. The number of amides is 1. The fraction of sp³-hybridized carbons (Fsp3) is 0.739. The van der Waals surface area contributed by atoms with Crippen LogP contribution in [0.25, 0.3) is 0 Å². The molecule has 0 aromatic heterocycles. The molecule has 0 bridgehead atoms. The zero-order chi connectivity index (χ0) is 43.5. The van der Waals surface area contributed by atoms with Crippen LogP contribution < -0.4 is 14.8 Å². The molecule has 1 aromatic rings. The summed E-state index contributed by atoms with van der Waals surface area (Å²) in [6, 6.07) is 3.69. The lowest BCUT2D eigenvalue weighted by Crippen LogP contribution is -2.49. The summed E-state index contributed by atoms with van der Waals surface area (Å²) in [5.74, 6) is 0.0994. The minimum atomic E-state index is -2.27. The highest BCUT2D eigenvalue weighted by molar-refractivity contribution is 6.74. The van der Waals surface area contributed by atoms with Gasteiger partial charge in [0.05, 0.1) is 38.4 Å². The second-order valence-corrected chi connectivity index (χ2v) is 29.1. The van der Waals surface area contributed by atoms with Gasteiger partial charge in [0.2, 0.25) is 5.91 Å². The molecule has 0 saturated heterocycles. The van der Waals surface area contributed by atoms with Crippen molar-refractivity contribution in [3.8, 4) is 11.5 Å². The van der Waals surface area contributed by atoms with E-state index in [0.717, 1.165) is 18.4 Å². The molecule has 1 aliphatic heterocycles. The van der Waals surface area contributed by atoms with E-state index in [-0.39, 0.29) is 45.9 Å². The molecule has 2 N–H and O–H groups in total. The largest absolute Gasteiger partial charge is 0.497 e. The number of allylic oxidation sites excluding steroid dienone is 2. The summed E-state index contributed by atoms with van der Waals surface area (Å²) in [5, 5.41) is 13.2. The molecule has 0 spiro atoms. The second-order valence-electron chi connectivity index (χ2n) is 19.6. The Bertz CT molecular complexity index is 1490. The van der Waals surface area contributed by atoms with Gasteiger partial charge in [-0.2, -0.15) is 0 Å². The van der Waals surface area contributed by atoms with Crippen LogP contribution in [0.4, 0.5) is 0 Å². The van der Waals surface area contributed by atoms with Crippen molar-refractivity contribution in [1.82, 2.24) is 5.32 Å². The number of aliphatic hydroxyl groups excluding tert-OH is 1. The van der Waals surface area contributed by atoms with Crippen LogP contribution in [-0.4, -0.2) is 78.8 Å². The van der Waals surface area contributed by atoms with Gasteiger partial charge in [0, 0.05) is 24.9 Å². The topological polar surface area (TPSA) is 113 Å². The smallest absolute Gasteiger partial charge is 0.342 e. The molecule has 0 radical (unpaired) electrons. The van der Waals surface area contributed by atoms with Crippen molar-refractivity contribution in [1.29, 1.82) is 0 Å². The summed E-state index contributed by atoms with van der Waals surface area (Å²) in [4.78, 5) is 27.3. The number of fused-ring (bicyclic) bond motifs is 1. The van der Waals surface area contributed by atoms with E-state index in [1.165, 1.54) is 0 Å².